The minimum atomic E-state index is 0.200. The van der Waals surface area contributed by atoms with E-state index in [1.54, 1.807) is 0 Å². The number of thioether (sulfide) groups is 1. The Morgan fingerprint density at radius 1 is 1.31 bits per heavy atom. The van der Waals surface area contributed by atoms with Crippen LogP contribution in [-0.2, 0) is 5.41 Å². The van der Waals surface area contributed by atoms with Gasteiger partial charge in [0.05, 0.1) is 0 Å². The summed E-state index contributed by atoms with van der Waals surface area (Å²) in [5.74, 6) is 0. The fourth-order valence-corrected chi connectivity index (χ4v) is 1.56. The summed E-state index contributed by atoms with van der Waals surface area (Å²) in [7, 11) is 0. The molecule has 1 aromatic rings. The van der Waals surface area contributed by atoms with Gasteiger partial charge in [-0.1, -0.05) is 32.9 Å². The van der Waals surface area contributed by atoms with E-state index in [0.29, 0.717) is 0 Å². The first-order valence-corrected chi connectivity index (χ1v) is 5.08. The Bertz CT molecular complexity index is 326. The molecule has 0 bridgehead atoms. The minimum absolute atomic E-state index is 0.200. The molecular formula is C12H14S. The van der Waals surface area contributed by atoms with Crippen LogP contribution >= 0.6 is 11.8 Å². The normalized spacial score (nSPS) is 10.9. The molecule has 68 valence electrons. The lowest BCUT2D eigenvalue weighted by Crippen LogP contribution is -2.10. The van der Waals surface area contributed by atoms with Crippen molar-refractivity contribution in [2.45, 2.75) is 31.1 Å². The number of terminal acetylenes is 1. The lowest BCUT2D eigenvalue weighted by atomic mass is 9.87. The van der Waals surface area contributed by atoms with Gasteiger partial charge in [-0.3, -0.25) is 0 Å². The van der Waals surface area contributed by atoms with Crippen LogP contribution in [0.25, 0.3) is 0 Å². The fraction of sp³-hybridized carbons (Fsp3) is 0.333. The van der Waals surface area contributed by atoms with Gasteiger partial charge in [-0.25, -0.2) is 0 Å². The molecule has 0 heterocycles. The highest BCUT2D eigenvalue weighted by Gasteiger charge is 2.13. The lowest BCUT2D eigenvalue weighted by Gasteiger charge is -2.19. The number of rotatable bonds is 1. The molecule has 0 aliphatic heterocycles. The average Bonchev–Trinajstić information content (AvgIpc) is 2.04. The molecule has 0 spiro atoms. The first-order chi connectivity index (χ1) is 6.04. The van der Waals surface area contributed by atoms with E-state index in [1.165, 1.54) is 17.3 Å². The van der Waals surface area contributed by atoms with Crippen LogP contribution in [0.1, 0.15) is 26.3 Å². The summed E-state index contributed by atoms with van der Waals surface area (Å²) in [4.78, 5) is 1.15. The van der Waals surface area contributed by atoms with Gasteiger partial charge in [-0.05, 0) is 40.1 Å². The van der Waals surface area contributed by atoms with E-state index in [2.05, 4.69) is 44.2 Å². The van der Waals surface area contributed by atoms with Crippen LogP contribution < -0.4 is 0 Å². The van der Waals surface area contributed by atoms with Crippen LogP contribution in [0.3, 0.4) is 0 Å². The number of hydrogen-bond acceptors (Lipinski definition) is 1. The van der Waals surface area contributed by atoms with Gasteiger partial charge in [0, 0.05) is 4.90 Å². The van der Waals surface area contributed by atoms with E-state index >= 15 is 0 Å². The third kappa shape index (κ3) is 2.82. The summed E-state index contributed by atoms with van der Waals surface area (Å²) in [6.45, 7) is 6.60. The van der Waals surface area contributed by atoms with Crippen molar-refractivity contribution in [1.29, 1.82) is 0 Å². The zero-order chi connectivity index (χ0) is 9.90. The molecule has 1 heteroatoms. The number of benzene rings is 1. The molecule has 0 saturated heterocycles. The molecule has 0 aromatic heterocycles. The minimum Gasteiger partial charge on any atom is -0.108 e. The molecule has 13 heavy (non-hydrogen) atoms. The van der Waals surface area contributed by atoms with Crippen LogP contribution in [0.2, 0.25) is 0 Å². The highest BCUT2D eigenvalue weighted by Crippen LogP contribution is 2.26. The van der Waals surface area contributed by atoms with Gasteiger partial charge in [0.15, 0.2) is 0 Å². The zero-order valence-electron chi connectivity index (χ0n) is 8.29. The van der Waals surface area contributed by atoms with Gasteiger partial charge in [0.25, 0.3) is 0 Å². The van der Waals surface area contributed by atoms with Crippen LogP contribution in [0, 0.1) is 11.7 Å². The highest BCUT2D eigenvalue weighted by molar-refractivity contribution is 8.03. The van der Waals surface area contributed by atoms with E-state index < -0.39 is 0 Å². The number of hydrogen-bond donors (Lipinski definition) is 0. The second kappa shape index (κ2) is 3.89. The molecule has 1 aromatic carbocycles. The Kier molecular flexibility index (Phi) is 3.06. The molecule has 0 nitrogen and oxygen atoms in total. The average molecular weight is 190 g/mol. The second-order valence-electron chi connectivity index (χ2n) is 4.00. The van der Waals surface area contributed by atoms with Gasteiger partial charge in [0.2, 0.25) is 0 Å². The Labute approximate surface area is 84.7 Å². The fourth-order valence-electron chi connectivity index (χ4n) is 1.09. The molecular weight excluding hydrogens is 176 g/mol. The molecule has 0 saturated carbocycles. The Hall–Kier alpha value is -0.870. The molecule has 0 unspecified atom stereocenters. The van der Waals surface area contributed by atoms with Crippen LogP contribution in [0.5, 0.6) is 0 Å². The quantitative estimate of drug-likeness (QED) is 0.481. The van der Waals surface area contributed by atoms with Crippen molar-refractivity contribution in [3.63, 3.8) is 0 Å². The van der Waals surface area contributed by atoms with E-state index in [-0.39, 0.29) is 5.41 Å². The Morgan fingerprint density at radius 2 is 2.00 bits per heavy atom. The SMILES string of the molecule is C#CSc1cccc(C(C)(C)C)c1. The maximum Gasteiger partial charge on any atom is 0.0206 e. The zero-order valence-corrected chi connectivity index (χ0v) is 9.11. The molecule has 0 atom stereocenters. The van der Waals surface area contributed by atoms with E-state index in [4.69, 9.17) is 6.42 Å². The van der Waals surface area contributed by atoms with Crippen molar-refractivity contribution in [1.82, 2.24) is 0 Å². The summed E-state index contributed by atoms with van der Waals surface area (Å²) in [5, 5.41) is 2.58. The molecule has 0 N–H and O–H groups in total. The van der Waals surface area contributed by atoms with Gasteiger partial charge in [0.1, 0.15) is 0 Å². The molecule has 0 radical (unpaired) electrons. The second-order valence-corrected chi connectivity index (χ2v) is 4.91. The summed E-state index contributed by atoms with van der Waals surface area (Å²) in [5.41, 5.74) is 1.53. The molecule has 0 fully saturated rings. The molecule has 1 rings (SSSR count). The Morgan fingerprint density at radius 3 is 2.54 bits per heavy atom. The Balaban J connectivity index is 3.00. The van der Waals surface area contributed by atoms with Gasteiger partial charge in [-0.15, -0.1) is 6.42 Å². The van der Waals surface area contributed by atoms with Gasteiger partial charge >= 0.3 is 0 Å². The molecule has 0 aliphatic carbocycles. The molecule has 0 amide bonds. The maximum atomic E-state index is 5.23. The van der Waals surface area contributed by atoms with Crippen molar-refractivity contribution >= 4 is 11.8 Å². The predicted octanol–water partition coefficient (Wildman–Crippen LogP) is 3.67. The van der Waals surface area contributed by atoms with Gasteiger partial charge in [-0.2, -0.15) is 0 Å². The van der Waals surface area contributed by atoms with E-state index in [0.717, 1.165) is 4.90 Å². The predicted molar refractivity (Wildman–Crippen MR) is 59.8 cm³/mol. The largest absolute Gasteiger partial charge is 0.108 e. The van der Waals surface area contributed by atoms with Crippen LogP contribution in [0.15, 0.2) is 29.2 Å². The summed E-state index contributed by atoms with van der Waals surface area (Å²) in [6.07, 6.45) is 5.23. The smallest absolute Gasteiger partial charge is 0.0206 e. The van der Waals surface area contributed by atoms with Gasteiger partial charge < -0.3 is 0 Å². The van der Waals surface area contributed by atoms with Crippen LogP contribution in [0.4, 0.5) is 0 Å². The first kappa shape index (κ1) is 10.2. The molecule has 0 aliphatic rings. The van der Waals surface area contributed by atoms with Crippen LogP contribution in [-0.4, -0.2) is 0 Å². The third-order valence-electron chi connectivity index (χ3n) is 1.88. The van der Waals surface area contributed by atoms with Crippen molar-refractivity contribution in [3.8, 4) is 11.7 Å². The highest BCUT2D eigenvalue weighted by atomic mass is 32.2. The van der Waals surface area contributed by atoms with Crippen molar-refractivity contribution in [2.75, 3.05) is 0 Å². The first-order valence-electron chi connectivity index (χ1n) is 4.27. The lowest BCUT2D eigenvalue weighted by molar-refractivity contribution is 0.589. The van der Waals surface area contributed by atoms with E-state index in [1.807, 2.05) is 6.07 Å². The van der Waals surface area contributed by atoms with Crippen molar-refractivity contribution in [2.24, 2.45) is 0 Å². The summed E-state index contributed by atoms with van der Waals surface area (Å²) in [6, 6.07) is 8.39. The van der Waals surface area contributed by atoms with Crippen molar-refractivity contribution < 1.29 is 0 Å². The third-order valence-corrected chi connectivity index (χ3v) is 2.48. The summed E-state index contributed by atoms with van der Waals surface area (Å²) >= 11 is 1.43. The van der Waals surface area contributed by atoms with E-state index in [9.17, 15) is 0 Å². The topological polar surface area (TPSA) is 0 Å². The summed E-state index contributed by atoms with van der Waals surface area (Å²) < 4.78 is 0. The van der Waals surface area contributed by atoms with Crippen molar-refractivity contribution in [3.05, 3.63) is 29.8 Å². The monoisotopic (exact) mass is 190 g/mol. The standard InChI is InChI=1S/C12H14S/c1-5-13-11-8-6-7-10(9-11)12(2,3)4/h1,6-9H,2-4H3. The maximum absolute atomic E-state index is 5.23.